The summed E-state index contributed by atoms with van der Waals surface area (Å²) < 4.78 is 27.9. The molecule has 0 aliphatic carbocycles. The van der Waals surface area contributed by atoms with E-state index in [4.69, 9.17) is 13.5 Å². The Morgan fingerprint density at radius 1 is 1.25 bits per heavy atom. The van der Waals surface area contributed by atoms with Crippen molar-refractivity contribution in [2.45, 2.75) is 0 Å². The molecule has 0 heterocycles. The molecule has 0 unspecified atom stereocenters. The molecule has 3 N–H and O–H groups in total. The predicted octanol–water partition coefficient (Wildman–Crippen LogP) is 0.552. The van der Waals surface area contributed by atoms with Crippen LogP contribution in [0.15, 0.2) is 30.3 Å². The van der Waals surface area contributed by atoms with Crippen molar-refractivity contribution in [2.75, 3.05) is 0 Å². The molecule has 0 saturated carbocycles. The summed E-state index contributed by atoms with van der Waals surface area (Å²) in [5, 5.41) is 12.3. The molecule has 0 radical (unpaired) electrons. The van der Waals surface area contributed by atoms with E-state index in [0.717, 1.165) is 0 Å². The van der Waals surface area contributed by atoms with Crippen molar-refractivity contribution in [3.63, 3.8) is 0 Å². The van der Waals surface area contributed by atoms with E-state index < -0.39 is 10.4 Å². The Morgan fingerprint density at radius 3 is 1.75 bits per heavy atom. The molecule has 6 heteroatoms. The summed E-state index contributed by atoms with van der Waals surface area (Å²) in [6.45, 7) is 0. The highest BCUT2D eigenvalue weighted by Gasteiger charge is 1.86. The molecule has 0 aliphatic heterocycles. The smallest absolute Gasteiger partial charge is 0.369 e. The number of para-hydroxylation sites is 1. The average molecular weight is 193 g/mol. The van der Waals surface area contributed by atoms with Crippen molar-refractivity contribution in [2.24, 2.45) is 5.14 Å². The van der Waals surface area contributed by atoms with Gasteiger partial charge in [-0.05, 0) is 12.1 Å². The second-order valence-corrected chi connectivity index (χ2v) is 2.76. The van der Waals surface area contributed by atoms with E-state index in [1.165, 1.54) is 0 Å². The van der Waals surface area contributed by atoms with E-state index in [-0.39, 0.29) is 0 Å². The van der Waals surface area contributed by atoms with Crippen molar-refractivity contribution >= 4 is 10.4 Å². The van der Waals surface area contributed by atoms with Crippen LogP contribution >= 0.6 is 0 Å². The molecular weight excluding hydrogens is 185 g/mol. The molecule has 4 nitrogen and oxygen atoms in total. The minimum absolute atomic E-state index is 0.322. The number of hydrogen-bond acceptors (Lipinski definition) is 3. The van der Waals surface area contributed by atoms with Gasteiger partial charge in [0.15, 0.2) is 0 Å². The van der Waals surface area contributed by atoms with E-state index in [0.29, 0.717) is 5.75 Å². The first-order valence-corrected chi connectivity index (χ1v) is 4.30. The quantitative estimate of drug-likeness (QED) is 0.590. The average Bonchev–Trinajstić information content (AvgIpc) is 1.85. The minimum Gasteiger partial charge on any atom is -0.508 e. The number of phenolic OH excluding ortho intramolecular Hbond substituents is 1. The van der Waals surface area contributed by atoms with Crippen LogP contribution in [0.4, 0.5) is 3.89 Å². The molecule has 0 aliphatic rings. The van der Waals surface area contributed by atoms with Gasteiger partial charge in [0.05, 0.1) is 0 Å². The lowest BCUT2D eigenvalue weighted by Crippen LogP contribution is -2.01. The number of benzene rings is 1. The minimum atomic E-state index is -4.67. The Hall–Kier alpha value is -1.14. The lowest BCUT2D eigenvalue weighted by molar-refractivity contribution is 0.475. The second-order valence-electron chi connectivity index (χ2n) is 1.81. The van der Waals surface area contributed by atoms with Crippen LogP contribution in [0.5, 0.6) is 5.75 Å². The van der Waals surface area contributed by atoms with Gasteiger partial charge in [-0.3, -0.25) is 0 Å². The van der Waals surface area contributed by atoms with Gasteiger partial charge in [-0.2, -0.15) is 8.42 Å². The fourth-order valence-corrected chi connectivity index (χ4v) is 0.428. The van der Waals surface area contributed by atoms with Gasteiger partial charge in [-0.25, -0.2) is 5.14 Å². The summed E-state index contributed by atoms with van der Waals surface area (Å²) >= 11 is 0. The van der Waals surface area contributed by atoms with E-state index in [1.807, 2.05) is 6.07 Å². The third kappa shape index (κ3) is 11.6. The third-order valence-corrected chi connectivity index (χ3v) is 0.756. The molecule has 1 aromatic rings. The van der Waals surface area contributed by atoms with Gasteiger partial charge in [0.2, 0.25) is 0 Å². The zero-order valence-electron chi connectivity index (χ0n) is 6.01. The standard InChI is InChI=1S/C6H6O.FH2NO2S/c7-6-4-2-1-3-5-6;1-5(2,3)4/h1-5,7H;(H2,2,3,4). The van der Waals surface area contributed by atoms with Crippen molar-refractivity contribution in [3.05, 3.63) is 30.3 Å². The Balaban J connectivity index is 0.000000217. The van der Waals surface area contributed by atoms with Gasteiger partial charge in [-0.1, -0.05) is 22.1 Å². The predicted molar refractivity (Wildman–Crippen MR) is 42.3 cm³/mol. The number of nitrogens with two attached hydrogens (primary N) is 1. The first kappa shape index (κ1) is 10.9. The molecule has 0 amide bonds. The summed E-state index contributed by atoms with van der Waals surface area (Å²) in [6, 6.07) is 8.71. The van der Waals surface area contributed by atoms with Crippen molar-refractivity contribution < 1.29 is 17.4 Å². The lowest BCUT2D eigenvalue weighted by atomic mass is 10.3. The van der Waals surface area contributed by atoms with Gasteiger partial charge < -0.3 is 5.11 Å². The molecular formula is C6H8FNO3S. The van der Waals surface area contributed by atoms with Gasteiger partial charge in [-0.15, -0.1) is 0 Å². The van der Waals surface area contributed by atoms with Crippen LogP contribution in [0.1, 0.15) is 0 Å². The zero-order valence-corrected chi connectivity index (χ0v) is 6.83. The number of halogens is 1. The number of hydrogen-bond donors (Lipinski definition) is 2. The highest BCUT2D eigenvalue weighted by atomic mass is 32.3. The number of rotatable bonds is 0. The third-order valence-electron chi connectivity index (χ3n) is 0.756. The Morgan fingerprint density at radius 2 is 1.58 bits per heavy atom. The molecule has 0 bridgehead atoms. The SMILES string of the molecule is NS(=O)(=O)F.Oc1ccccc1. The normalized spacial score (nSPS) is 9.83. The monoisotopic (exact) mass is 193 g/mol. The maximum atomic E-state index is 10.4. The summed E-state index contributed by atoms with van der Waals surface area (Å²) in [4.78, 5) is 0. The van der Waals surface area contributed by atoms with Gasteiger partial charge in [0, 0.05) is 0 Å². The van der Waals surface area contributed by atoms with Crippen LogP contribution < -0.4 is 5.14 Å². The second kappa shape index (κ2) is 4.68. The number of aromatic hydroxyl groups is 1. The summed E-state index contributed by atoms with van der Waals surface area (Å²) in [6.07, 6.45) is 0. The fraction of sp³-hybridized carbons (Fsp3) is 0. The number of phenols is 1. The molecule has 68 valence electrons. The maximum absolute atomic E-state index is 10.4. The van der Waals surface area contributed by atoms with Gasteiger partial charge in [0.25, 0.3) is 0 Å². The Bertz CT molecular complexity index is 303. The summed E-state index contributed by atoms with van der Waals surface area (Å²) in [5.41, 5.74) is 0. The highest BCUT2D eigenvalue weighted by molar-refractivity contribution is 7.83. The Labute approximate surface area is 69.8 Å². The topological polar surface area (TPSA) is 80.4 Å². The molecule has 0 atom stereocenters. The largest absolute Gasteiger partial charge is 0.508 e. The van der Waals surface area contributed by atoms with E-state index >= 15 is 0 Å². The van der Waals surface area contributed by atoms with Crippen LogP contribution in [0, 0.1) is 0 Å². The van der Waals surface area contributed by atoms with Gasteiger partial charge in [0.1, 0.15) is 5.75 Å². The summed E-state index contributed by atoms with van der Waals surface area (Å²) in [7, 11) is -4.67. The van der Waals surface area contributed by atoms with E-state index in [2.05, 4.69) is 5.14 Å². The zero-order chi connectivity index (χ0) is 9.61. The molecule has 0 fully saturated rings. The first-order chi connectivity index (χ1) is 5.39. The van der Waals surface area contributed by atoms with Crippen LogP contribution in [-0.4, -0.2) is 13.5 Å². The van der Waals surface area contributed by atoms with Crippen LogP contribution in [0.3, 0.4) is 0 Å². The van der Waals surface area contributed by atoms with E-state index in [1.54, 1.807) is 24.3 Å². The molecule has 1 aromatic carbocycles. The van der Waals surface area contributed by atoms with Crippen LogP contribution in [0.25, 0.3) is 0 Å². The first-order valence-electron chi connectivity index (χ1n) is 2.86. The molecule has 1 rings (SSSR count). The molecule has 0 saturated heterocycles. The fourth-order valence-electron chi connectivity index (χ4n) is 0.428. The highest BCUT2D eigenvalue weighted by Crippen LogP contribution is 2.02. The van der Waals surface area contributed by atoms with E-state index in [9.17, 15) is 3.89 Å². The van der Waals surface area contributed by atoms with Crippen LogP contribution in [0.2, 0.25) is 0 Å². The van der Waals surface area contributed by atoms with Crippen LogP contribution in [-0.2, 0) is 10.4 Å². The maximum Gasteiger partial charge on any atom is 0.369 e. The van der Waals surface area contributed by atoms with Crippen molar-refractivity contribution in [1.29, 1.82) is 0 Å². The Kier molecular flexibility index (Phi) is 4.24. The van der Waals surface area contributed by atoms with Gasteiger partial charge >= 0.3 is 10.4 Å². The molecule has 0 spiro atoms. The van der Waals surface area contributed by atoms with Crippen molar-refractivity contribution in [1.82, 2.24) is 0 Å². The lowest BCUT2D eigenvalue weighted by Gasteiger charge is -1.82. The molecule has 12 heavy (non-hydrogen) atoms. The molecule has 0 aromatic heterocycles. The van der Waals surface area contributed by atoms with Crippen molar-refractivity contribution in [3.8, 4) is 5.75 Å². The summed E-state index contributed by atoms with van der Waals surface area (Å²) in [5.74, 6) is 0.322.